The zero-order valence-corrected chi connectivity index (χ0v) is 13.8. The summed E-state index contributed by atoms with van der Waals surface area (Å²) >= 11 is 0. The van der Waals surface area contributed by atoms with Gasteiger partial charge in [-0.15, -0.1) is 0 Å². The van der Waals surface area contributed by atoms with Crippen LogP contribution >= 0.6 is 0 Å². The topological polar surface area (TPSA) is 20.2 Å². The molecule has 0 fully saturated rings. The van der Waals surface area contributed by atoms with Gasteiger partial charge in [0.1, 0.15) is 5.75 Å². The predicted molar refractivity (Wildman–Crippen MR) is 88.3 cm³/mol. The van der Waals surface area contributed by atoms with E-state index in [0.717, 1.165) is 0 Å². The second kappa shape index (κ2) is 8.34. The fourth-order valence-corrected chi connectivity index (χ4v) is 2.94. The van der Waals surface area contributed by atoms with E-state index >= 15 is 0 Å². The molecule has 1 aromatic carbocycles. The maximum absolute atomic E-state index is 9.44. The molecule has 114 valence electrons. The minimum absolute atomic E-state index is 0.278. The molecule has 0 bridgehead atoms. The molecule has 0 amide bonds. The molecule has 0 aromatic heterocycles. The van der Waals surface area contributed by atoms with Crippen molar-refractivity contribution in [1.29, 1.82) is 0 Å². The van der Waals surface area contributed by atoms with Crippen LogP contribution in [0.3, 0.4) is 0 Å². The Hall–Kier alpha value is -0.980. The third kappa shape index (κ3) is 5.98. The molecule has 20 heavy (non-hydrogen) atoms. The number of hydrogen-bond acceptors (Lipinski definition) is 1. The summed E-state index contributed by atoms with van der Waals surface area (Å²) in [6.07, 6.45) is 9.37. The van der Waals surface area contributed by atoms with Crippen molar-refractivity contribution in [3.05, 3.63) is 29.8 Å². The van der Waals surface area contributed by atoms with E-state index in [-0.39, 0.29) is 5.41 Å². The van der Waals surface area contributed by atoms with Crippen LogP contribution in [0.25, 0.3) is 0 Å². The number of benzene rings is 1. The zero-order valence-electron chi connectivity index (χ0n) is 13.8. The first-order valence-electron chi connectivity index (χ1n) is 8.24. The van der Waals surface area contributed by atoms with Crippen molar-refractivity contribution in [2.45, 2.75) is 78.6 Å². The van der Waals surface area contributed by atoms with Gasteiger partial charge in [-0.3, -0.25) is 0 Å². The highest BCUT2D eigenvalue weighted by Gasteiger charge is 2.25. The Labute approximate surface area is 125 Å². The fraction of sp³-hybridized carbons (Fsp3) is 0.684. The Kier molecular flexibility index (Phi) is 7.12. The molecule has 0 aliphatic rings. The highest BCUT2D eigenvalue weighted by Crippen LogP contribution is 2.39. The van der Waals surface area contributed by atoms with Gasteiger partial charge < -0.3 is 5.11 Å². The quantitative estimate of drug-likeness (QED) is 0.554. The van der Waals surface area contributed by atoms with E-state index in [9.17, 15) is 5.11 Å². The lowest BCUT2D eigenvalue weighted by Gasteiger charge is -2.31. The van der Waals surface area contributed by atoms with Crippen LogP contribution in [0.2, 0.25) is 0 Å². The molecule has 0 spiro atoms. The minimum atomic E-state index is 0.278. The van der Waals surface area contributed by atoms with Gasteiger partial charge in [0.25, 0.3) is 0 Å². The molecule has 1 heteroatoms. The maximum Gasteiger partial charge on any atom is 0.115 e. The van der Waals surface area contributed by atoms with E-state index < -0.39 is 0 Å². The lowest BCUT2D eigenvalue weighted by Crippen LogP contribution is -2.18. The number of unbranched alkanes of at least 4 members (excludes halogenated alkanes) is 5. The van der Waals surface area contributed by atoms with Crippen molar-refractivity contribution < 1.29 is 5.11 Å². The molecular formula is C19H32O. The van der Waals surface area contributed by atoms with Crippen LogP contribution in [0, 0.1) is 5.41 Å². The minimum Gasteiger partial charge on any atom is -0.508 e. The Morgan fingerprint density at radius 2 is 1.45 bits per heavy atom. The lowest BCUT2D eigenvalue weighted by atomic mass is 9.74. The van der Waals surface area contributed by atoms with Crippen LogP contribution in [-0.2, 0) is 0 Å². The van der Waals surface area contributed by atoms with Gasteiger partial charge in [-0.25, -0.2) is 0 Å². The average Bonchev–Trinajstić information content (AvgIpc) is 2.38. The molecule has 1 rings (SSSR count). The summed E-state index contributed by atoms with van der Waals surface area (Å²) in [5, 5.41) is 9.44. The monoisotopic (exact) mass is 276 g/mol. The standard InChI is InChI=1S/C19H32O/c1-5-6-7-8-9-10-11-18(19(2,3)4)16-12-14-17(20)15-13-16/h12-15,18,20H,5-11H2,1-4H3. The van der Waals surface area contributed by atoms with E-state index in [1.807, 2.05) is 12.1 Å². The Morgan fingerprint density at radius 1 is 0.900 bits per heavy atom. The second-order valence-corrected chi connectivity index (χ2v) is 7.07. The van der Waals surface area contributed by atoms with Gasteiger partial charge in [0.15, 0.2) is 0 Å². The van der Waals surface area contributed by atoms with E-state index in [1.54, 1.807) is 0 Å². The largest absolute Gasteiger partial charge is 0.508 e. The normalized spacial score (nSPS) is 13.4. The van der Waals surface area contributed by atoms with E-state index in [1.165, 1.54) is 50.5 Å². The molecule has 1 nitrogen and oxygen atoms in total. The molecule has 0 saturated carbocycles. The van der Waals surface area contributed by atoms with Gasteiger partial charge >= 0.3 is 0 Å². The van der Waals surface area contributed by atoms with Crippen LogP contribution in [-0.4, -0.2) is 5.11 Å². The first-order valence-corrected chi connectivity index (χ1v) is 8.24. The third-order valence-corrected chi connectivity index (χ3v) is 4.19. The number of rotatable bonds is 8. The summed E-state index contributed by atoms with van der Waals surface area (Å²) in [6.45, 7) is 9.23. The molecule has 1 N–H and O–H groups in total. The molecule has 0 aliphatic heterocycles. The van der Waals surface area contributed by atoms with Crippen molar-refractivity contribution >= 4 is 0 Å². The van der Waals surface area contributed by atoms with Crippen molar-refractivity contribution in [3.63, 3.8) is 0 Å². The van der Waals surface area contributed by atoms with Crippen molar-refractivity contribution in [3.8, 4) is 5.75 Å². The van der Waals surface area contributed by atoms with Crippen LogP contribution in [0.15, 0.2) is 24.3 Å². The first kappa shape index (κ1) is 17.1. The summed E-state index contributed by atoms with van der Waals surface area (Å²) in [5.41, 5.74) is 1.64. The molecule has 0 radical (unpaired) electrons. The highest BCUT2D eigenvalue weighted by atomic mass is 16.3. The summed E-state index contributed by atoms with van der Waals surface area (Å²) < 4.78 is 0. The summed E-state index contributed by atoms with van der Waals surface area (Å²) in [4.78, 5) is 0. The van der Waals surface area contributed by atoms with Crippen molar-refractivity contribution in [2.75, 3.05) is 0 Å². The number of phenolic OH excluding ortho intramolecular Hbond substituents is 1. The number of hydrogen-bond donors (Lipinski definition) is 1. The molecule has 1 unspecified atom stereocenters. The molecule has 0 heterocycles. The van der Waals surface area contributed by atoms with Gasteiger partial charge in [0, 0.05) is 0 Å². The summed E-state index contributed by atoms with van der Waals surface area (Å²) in [6, 6.07) is 7.80. The SMILES string of the molecule is CCCCCCCCC(c1ccc(O)cc1)C(C)(C)C. The summed E-state index contributed by atoms with van der Waals surface area (Å²) in [5.74, 6) is 0.940. The van der Waals surface area contributed by atoms with E-state index in [2.05, 4.69) is 39.8 Å². The van der Waals surface area contributed by atoms with Crippen molar-refractivity contribution in [1.82, 2.24) is 0 Å². The lowest BCUT2D eigenvalue weighted by molar-refractivity contribution is 0.297. The van der Waals surface area contributed by atoms with Crippen LogP contribution in [0.4, 0.5) is 0 Å². The van der Waals surface area contributed by atoms with Gasteiger partial charge in [-0.1, -0.05) is 78.4 Å². The van der Waals surface area contributed by atoms with Gasteiger partial charge in [0.2, 0.25) is 0 Å². The van der Waals surface area contributed by atoms with Crippen molar-refractivity contribution in [2.24, 2.45) is 5.41 Å². The zero-order chi connectivity index (χ0) is 15.0. The van der Waals surface area contributed by atoms with E-state index in [0.29, 0.717) is 11.7 Å². The van der Waals surface area contributed by atoms with Crippen LogP contribution in [0.1, 0.15) is 84.1 Å². The molecule has 0 saturated heterocycles. The fourth-order valence-electron chi connectivity index (χ4n) is 2.94. The highest BCUT2D eigenvalue weighted by molar-refractivity contribution is 5.29. The van der Waals surface area contributed by atoms with Crippen LogP contribution < -0.4 is 0 Å². The number of aromatic hydroxyl groups is 1. The third-order valence-electron chi connectivity index (χ3n) is 4.19. The summed E-state index contributed by atoms with van der Waals surface area (Å²) in [7, 11) is 0. The van der Waals surface area contributed by atoms with Gasteiger partial charge in [0.05, 0.1) is 0 Å². The predicted octanol–water partition coefficient (Wildman–Crippen LogP) is 6.27. The van der Waals surface area contributed by atoms with Gasteiger partial charge in [-0.05, 0) is 35.4 Å². The average molecular weight is 276 g/mol. The van der Waals surface area contributed by atoms with Gasteiger partial charge in [-0.2, -0.15) is 0 Å². The molecule has 1 aromatic rings. The van der Waals surface area contributed by atoms with E-state index in [4.69, 9.17) is 0 Å². The Morgan fingerprint density at radius 3 is 2.00 bits per heavy atom. The maximum atomic E-state index is 9.44. The second-order valence-electron chi connectivity index (χ2n) is 7.07. The molecule has 1 atom stereocenters. The molecule has 0 aliphatic carbocycles. The first-order chi connectivity index (χ1) is 9.45. The molecular weight excluding hydrogens is 244 g/mol. The Bertz CT molecular complexity index is 358. The van der Waals surface area contributed by atoms with Crippen LogP contribution in [0.5, 0.6) is 5.75 Å². The smallest absolute Gasteiger partial charge is 0.115 e. The number of phenols is 1. The Balaban J connectivity index is 2.51.